The predicted octanol–water partition coefficient (Wildman–Crippen LogP) is 3.60. The quantitative estimate of drug-likeness (QED) is 0.775. The van der Waals surface area contributed by atoms with E-state index in [2.05, 4.69) is 57.8 Å². The van der Waals surface area contributed by atoms with Crippen LogP contribution in [0.2, 0.25) is 0 Å². The lowest BCUT2D eigenvalue weighted by Crippen LogP contribution is -2.48. The van der Waals surface area contributed by atoms with Gasteiger partial charge in [0, 0.05) is 43.7 Å². The zero-order valence-electron chi connectivity index (χ0n) is 12.7. The maximum Gasteiger partial charge on any atom is 0.0399 e. The molecule has 0 N–H and O–H groups in total. The summed E-state index contributed by atoms with van der Waals surface area (Å²) in [4.78, 5) is 5.22. The van der Waals surface area contributed by atoms with Crippen molar-refractivity contribution in [3.05, 3.63) is 29.3 Å². The summed E-state index contributed by atoms with van der Waals surface area (Å²) in [5, 5.41) is 1.18. The average Bonchev–Trinajstić information content (AvgIpc) is 3.23. The molecule has 2 aliphatic rings. The van der Waals surface area contributed by atoms with Gasteiger partial charge in [0.15, 0.2) is 0 Å². The topological polar surface area (TPSA) is 6.48 Å². The van der Waals surface area contributed by atoms with Gasteiger partial charge in [-0.05, 0) is 49.3 Å². The highest BCUT2D eigenvalue weighted by Gasteiger charge is 2.43. The van der Waals surface area contributed by atoms with Gasteiger partial charge in [-0.25, -0.2) is 0 Å². The SMILES string of the molecule is Cc1cccc(N2CCN(CC3(CBr)CC3)CC2)c1C. The molecule has 1 saturated heterocycles. The Kier molecular flexibility index (Phi) is 4.09. The van der Waals surface area contributed by atoms with Crippen LogP contribution in [-0.2, 0) is 0 Å². The molecular formula is C17H25BrN2. The molecule has 0 bridgehead atoms. The summed E-state index contributed by atoms with van der Waals surface area (Å²) in [6, 6.07) is 6.68. The molecular weight excluding hydrogens is 312 g/mol. The Balaban J connectivity index is 1.59. The Bertz CT molecular complexity index is 474. The van der Waals surface area contributed by atoms with E-state index in [-0.39, 0.29) is 0 Å². The number of alkyl halides is 1. The summed E-state index contributed by atoms with van der Waals surface area (Å²) in [5.41, 5.74) is 4.90. The molecule has 1 aliphatic carbocycles. The number of nitrogens with zero attached hydrogens (tertiary/aromatic N) is 2. The summed E-state index contributed by atoms with van der Waals surface area (Å²) in [7, 11) is 0. The standard InChI is InChI=1S/C17H25BrN2/c1-14-4-3-5-16(15(14)2)20-10-8-19(9-11-20)13-17(12-18)6-7-17/h3-5H,6-13H2,1-2H3. The van der Waals surface area contributed by atoms with Gasteiger partial charge in [-0.2, -0.15) is 0 Å². The molecule has 2 nitrogen and oxygen atoms in total. The van der Waals surface area contributed by atoms with Gasteiger partial charge in [0.25, 0.3) is 0 Å². The van der Waals surface area contributed by atoms with Gasteiger partial charge in [0.05, 0.1) is 0 Å². The molecule has 0 atom stereocenters. The van der Waals surface area contributed by atoms with Crippen LogP contribution in [0, 0.1) is 19.3 Å². The number of hydrogen-bond acceptors (Lipinski definition) is 2. The van der Waals surface area contributed by atoms with Crippen molar-refractivity contribution in [3.63, 3.8) is 0 Å². The number of benzene rings is 1. The lowest BCUT2D eigenvalue weighted by Gasteiger charge is -2.38. The van der Waals surface area contributed by atoms with E-state index in [1.165, 1.54) is 67.7 Å². The molecule has 20 heavy (non-hydrogen) atoms. The number of aryl methyl sites for hydroxylation is 1. The van der Waals surface area contributed by atoms with Crippen LogP contribution in [0.5, 0.6) is 0 Å². The maximum absolute atomic E-state index is 3.69. The van der Waals surface area contributed by atoms with Crippen molar-refractivity contribution in [1.29, 1.82) is 0 Å². The zero-order valence-corrected chi connectivity index (χ0v) is 14.2. The summed E-state index contributed by atoms with van der Waals surface area (Å²) in [6.07, 6.45) is 2.82. The van der Waals surface area contributed by atoms with Crippen molar-refractivity contribution in [3.8, 4) is 0 Å². The lowest BCUT2D eigenvalue weighted by molar-refractivity contribution is 0.218. The predicted molar refractivity (Wildman–Crippen MR) is 90.0 cm³/mol. The molecule has 1 aromatic carbocycles. The fourth-order valence-corrected chi connectivity index (χ4v) is 3.95. The Labute approximate surface area is 131 Å². The van der Waals surface area contributed by atoms with Gasteiger partial charge in [-0.15, -0.1) is 0 Å². The van der Waals surface area contributed by atoms with E-state index in [0.29, 0.717) is 5.41 Å². The normalized spacial score (nSPS) is 22.1. The first-order valence-electron chi connectivity index (χ1n) is 7.73. The van der Waals surface area contributed by atoms with Gasteiger partial charge < -0.3 is 4.90 Å². The molecule has 1 aromatic rings. The van der Waals surface area contributed by atoms with Crippen molar-refractivity contribution in [2.75, 3.05) is 43.0 Å². The van der Waals surface area contributed by atoms with Crippen LogP contribution in [0.15, 0.2) is 18.2 Å². The summed E-state index contributed by atoms with van der Waals surface area (Å²) >= 11 is 3.69. The molecule has 1 aliphatic heterocycles. The molecule has 3 heteroatoms. The number of piperazine rings is 1. The van der Waals surface area contributed by atoms with Gasteiger partial charge in [-0.3, -0.25) is 4.90 Å². The molecule has 0 amide bonds. The van der Waals surface area contributed by atoms with Crippen LogP contribution in [0.1, 0.15) is 24.0 Å². The Morgan fingerprint density at radius 3 is 2.40 bits per heavy atom. The van der Waals surface area contributed by atoms with E-state index in [4.69, 9.17) is 0 Å². The molecule has 0 spiro atoms. The highest BCUT2D eigenvalue weighted by atomic mass is 79.9. The highest BCUT2D eigenvalue weighted by molar-refractivity contribution is 9.09. The Hall–Kier alpha value is -0.540. The molecule has 1 saturated carbocycles. The number of halogens is 1. The molecule has 0 unspecified atom stereocenters. The lowest BCUT2D eigenvalue weighted by atomic mass is 10.1. The van der Waals surface area contributed by atoms with Crippen molar-refractivity contribution < 1.29 is 0 Å². The zero-order chi connectivity index (χ0) is 14.2. The minimum absolute atomic E-state index is 0.613. The van der Waals surface area contributed by atoms with Gasteiger partial charge in [-0.1, -0.05) is 28.1 Å². The average molecular weight is 337 g/mol. The van der Waals surface area contributed by atoms with Crippen LogP contribution in [0.25, 0.3) is 0 Å². The monoisotopic (exact) mass is 336 g/mol. The molecule has 0 aromatic heterocycles. The third-order valence-electron chi connectivity index (χ3n) is 5.09. The number of hydrogen-bond donors (Lipinski definition) is 0. The Morgan fingerprint density at radius 1 is 1.10 bits per heavy atom. The number of anilines is 1. The van der Waals surface area contributed by atoms with Gasteiger partial charge in [0.2, 0.25) is 0 Å². The molecule has 110 valence electrons. The van der Waals surface area contributed by atoms with Gasteiger partial charge >= 0.3 is 0 Å². The second-order valence-electron chi connectivity index (χ2n) is 6.62. The third kappa shape index (κ3) is 2.89. The first-order valence-corrected chi connectivity index (χ1v) is 8.85. The van der Waals surface area contributed by atoms with E-state index in [1.54, 1.807) is 0 Å². The summed E-state index contributed by atoms with van der Waals surface area (Å²) < 4.78 is 0. The first-order chi connectivity index (χ1) is 9.63. The van der Waals surface area contributed by atoms with Crippen LogP contribution in [0.4, 0.5) is 5.69 Å². The van der Waals surface area contributed by atoms with Crippen LogP contribution in [0.3, 0.4) is 0 Å². The maximum atomic E-state index is 3.69. The fraction of sp³-hybridized carbons (Fsp3) is 0.647. The summed E-state index contributed by atoms with van der Waals surface area (Å²) in [5.74, 6) is 0. The van der Waals surface area contributed by atoms with Crippen molar-refractivity contribution in [2.45, 2.75) is 26.7 Å². The van der Waals surface area contributed by atoms with E-state index >= 15 is 0 Å². The van der Waals surface area contributed by atoms with Crippen molar-refractivity contribution >= 4 is 21.6 Å². The van der Waals surface area contributed by atoms with Crippen molar-refractivity contribution in [2.24, 2.45) is 5.41 Å². The smallest absolute Gasteiger partial charge is 0.0399 e. The minimum atomic E-state index is 0.613. The fourth-order valence-electron chi connectivity index (χ4n) is 3.21. The van der Waals surface area contributed by atoms with Crippen LogP contribution < -0.4 is 4.90 Å². The minimum Gasteiger partial charge on any atom is -0.369 e. The third-order valence-corrected chi connectivity index (χ3v) is 6.28. The van der Waals surface area contributed by atoms with Gasteiger partial charge in [0.1, 0.15) is 0 Å². The molecule has 1 heterocycles. The van der Waals surface area contributed by atoms with E-state index < -0.39 is 0 Å². The first kappa shape index (κ1) is 14.4. The highest BCUT2D eigenvalue weighted by Crippen LogP contribution is 2.47. The Morgan fingerprint density at radius 2 is 1.80 bits per heavy atom. The van der Waals surface area contributed by atoms with Crippen LogP contribution >= 0.6 is 15.9 Å². The van der Waals surface area contributed by atoms with E-state index in [1.807, 2.05) is 0 Å². The number of rotatable bonds is 4. The largest absolute Gasteiger partial charge is 0.369 e. The molecule has 0 radical (unpaired) electrons. The van der Waals surface area contributed by atoms with E-state index in [0.717, 1.165) is 0 Å². The molecule has 3 rings (SSSR count). The summed E-state index contributed by atoms with van der Waals surface area (Å²) in [6.45, 7) is 10.5. The van der Waals surface area contributed by atoms with Crippen LogP contribution in [-0.4, -0.2) is 43.0 Å². The second kappa shape index (κ2) is 5.69. The second-order valence-corrected chi connectivity index (χ2v) is 7.18. The van der Waals surface area contributed by atoms with Crippen molar-refractivity contribution in [1.82, 2.24) is 4.90 Å². The van der Waals surface area contributed by atoms with E-state index in [9.17, 15) is 0 Å². The molecule has 2 fully saturated rings.